The molecule has 0 spiro atoms. The summed E-state index contributed by atoms with van der Waals surface area (Å²) in [5.74, 6) is -4.60. The number of carbonyl (C=O) groups excluding carboxylic acids is 5. The van der Waals surface area contributed by atoms with Gasteiger partial charge in [-0.1, -0.05) is 30.3 Å². The normalized spacial score (nSPS) is 29.8. The van der Waals surface area contributed by atoms with Gasteiger partial charge < -0.3 is 47.4 Å². The Morgan fingerprint density at radius 2 is 1.23 bits per heavy atom. The van der Waals surface area contributed by atoms with Crippen LogP contribution < -0.4 is 0 Å². The first kappa shape index (κ1) is 43.0. The highest BCUT2D eigenvalue weighted by molar-refractivity contribution is 7.86. The van der Waals surface area contributed by atoms with Crippen LogP contribution in [0.5, 0.6) is 0 Å². The number of carbonyl (C=O) groups is 5. The van der Waals surface area contributed by atoms with E-state index in [0.29, 0.717) is 5.56 Å². The predicted octanol–water partition coefficient (Wildman–Crippen LogP) is 1.54. The quantitative estimate of drug-likeness (QED) is 0.0911. The third-order valence-corrected chi connectivity index (χ3v) is 9.75. The summed E-state index contributed by atoms with van der Waals surface area (Å²) in [6.07, 6.45) is -16.9. The van der Waals surface area contributed by atoms with Crippen molar-refractivity contribution in [2.75, 3.05) is 13.2 Å². The second-order valence-electron chi connectivity index (χ2n) is 12.8. The highest BCUT2D eigenvalue weighted by Gasteiger charge is 2.58. The molecule has 0 saturated carbocycles. The van der Waals surface area contributed by atoms with Gasteiger partial charge in [0.15, 0.2) is 30.9 Å². The van der Waals surface area contributed by atoms with Crippen LogP contribution in [-0.4, -0.2) is 118 Å². The van der Waals surface area contributed by atoms with Crippen LogP contribution in [0, 0.1) is 10.1 Å². The molecule has 3 heterocycles. The lowest BCUT2D eigenvalue weighted by atomic mass is 9.95. The summed E-state index contributed by atoms with van der Waals surface area (Å²) in [5, 5.41) is 11.1. The third-order valence-electron chi connectivity index (χ3n) is 8.45. The van der Waals surface area contributed by atoms with Crippen molar-refractivity contribution in [2.24, 2.45) is 0 Å². The zero-order valence-electron chi connectivity index (χ0n) is 31.0. The zero-order valence-corrected chi connectivity index (χ0v) is 31.8. The number of hydrogen-bond donors (Lipinski definition) is 0. The van der Waals surface area contributed by atoms with Gasteiger partial charge in [0.2, 0.25) is 12.4 Å². The van der Waals surface area contributed by atoms with E-state index >= 15 is 0 Å². The van der Waals surface area contributed by atoms with Crippen molar-refractivity contribution < 1.29 is 88.9 Å². The summed E-state index contributed by atoms with van der Waals surface area (Å²) in [6, 6.07) is 12.4. The molecule has 0 bridgehead atoms. The second-order valence-corrected chi connectivity index (χ2v) is 14.4. The molecule has 0 aromatic heterocycles. The fraction of sp³-hybridized carbons (Fsp3) is 0.514. The number of esters is 5. The summed E-state index contributed by atoms with van der Waals surface area (Å²) < 4.78 is 89.9. The molecule has 3 aliphatic rings. The Bertz CT molecular complexity index is 1910. The van der Waals surface area contributed by atoms with Gasteiger partial charge in [-0.3, -0.25) is 38.3 Å². The summed E-state index contributed by atoms with van der Waals surface area (Å²) >= 11 is 0. The lowest BCUT2D eigenvalue weighted by molar-refractivity contribution is -0.384. The van der Waals surface area contributed by atoms with E-state index < -0.39 is 130 Å². The number of rotatable bonds is 13. The van der Waals surface area contributed by atoms with Crippen molar-refractivity contribution >= 4 is 45.7 Å². The minimum Gasteiger partial charge on any atom is -0.455 e. The van der Waals surface area contributed by atoms with E-state index in [1.165, 1.54) is 0 Å². The largest absolute Gasteiger partial charge is 0.455 e. The Morgan fingerprint density at radius 3 is 1.79 bits per heavy atom. The number of nitro benzene ring substituents is 1. The van der Waals surface area contributed by atoms with Crippen LogP contribution in [0.2, 0.25) is 0 Å². The minimum atomic E-state index is -4.72. The van der Waals surface area contributed by atoms with E-state index in [0.717, 1.165) is 58.9 Å². The standard InChI is InChI=1S/C35H39NO20S/c1-17(37)48-29-27-25(15-46-33(55-27)22-9-7-6-8-10-22)53-35(32(29)51-20(4)40)56-28-26(16-47-57(44,45)24-13-11-23(12-14-24)36(42)43)54-34(52-21(5)41)31(50-19(3)39)30(28)49-18(2)38/h6-14,25-35H,15-16H2,1-5H3. The minimum absolute atomic E-state index is 0.187. The summed E-state index contributed by atoms with van der Waals surface area (Å²) in [4.78, 5) is 72.0. The van der Waals surface area contributed by atoms with Gasteiger partial charge in [0, 0.05) is 52.3 Å². The van der Waals surface area contributed by atoms with Gasteiger partial charge in [0.25, 0.3) is 15.8 Å². The molecule has 11 unspecified atom stereocenters. The number of nitrogens with zero attached hydrogens (tertiary/aromatic N) is 1. The van der Waals surface area contributed by atoms with Crippen LogP contribution in [0.15, 0.2) is 59.5 Å². The van der Waals surface area contributed by atoms with Gasteiger partial charge in [-0.2, -0.15) is 8.42 Å². The molecule has 0 amide bonds. The molecule has 21 nitrogen and oxygen atoms in total. The van der Waals surface area contributed by atoms with E-state index in [9.17, 15) is 42.5 Å². The molecule has 0 radical (unpaired) electrons. The first-order valence-electron chi connectivity index (χ1n) is 17.2. The Kier molecular flexibility index (Phi) is 13.9. The van der Waals surface area contributed by atoms with E-state index in [4.69, 9.17) is 51.6 Å². The Morgan fingerprint density at radius 1 is 0.684 bits per heavy atom. The Hall–Kier alpha value is -5.10. The zero-order chi connectivity index (χ0) is 41.6. The number of ether oxygens (including phenoxy) is 10. The number of fused-ring (bicyclic) bond motifs is 1. The van der Waals surface area contributed by atoms with Gasteiger partial charge in [0.1, 0.15) is 24.4 Å². The fourth-order valence-corrected chi connectivity index (χ4v) is 7.19. The molecule has 3 aliphatic heterocycles. The topological polar surface area (TPSA) is 264 Å². The highest BCUT2D eigenvalue weighted by Crippen LogP contribution is 2.39. The Labute approximate surface area is 324 Å². The van der Waals surface area contributed by atoms with Gasteiger partial charge in [-0.15, -0.1) is 0 Å². The molecular formula is C35H39NO20S. The molecule has 3 saturated heterocycles. The molecule has 11 atom stereocenters. The van der Waals surface area contributed by atoms with Crippen LogP contribution in [0.3, 0.4) is 0 Å². The van der Waals surface area contributed by atoms with Crippen LogP contribution in [0.1, 0.15) is 46.5 Å². The van der Waals surface area contributed by atoms with Crippen LogP contribution in [0.25, 0.3) is 0 Å². The third kappa shape index (κ3) is 10.9. The monoisotopic (exact) mass is 825 g/mol. The predicted molar refractivity (Wildman–Crippen MR) is 182 cm³/mol. The first-order valence-corrected chi connectivity index (χ1v) is 18.6. The molecule has 0 N–H and O–H groups in total. The number of nitro groups is 1. The smallest absolute Gasteiger partial charge is 0.305 e. The first-order chi connectivity index (χ1) is 26.9. The molecule has 57 heavy (non-hydrogen) atoms. The molecule has 0 aliphatic carbocycles. The van der Waals surface area contributed by atoms with Crippen molar-refractivity contribution in [3.05, 3.63) is 70.3 Å². The average molecular weight is 826 g/mol. The summed E-state index contributed by atoms with van der Waals surface area (Å²) in [5.41, 5.74) is 0.199. The van der Waals surface area contributed by atoms with Gasteiger partial charge in [-0.25, -0.2) is 0 Å². The van der Waals surface area contributed by atoms with Crippen LogP contribution in [0.4, 0.5) is 5.69 Å². The van der Waals surface area contributed by atoms with E-state index in [1.807, 2.05) is 0 Å². The molecule has 3 fully saturated rings. The SMILES string of the molecule is CC(=O)OC1OC(COS(=O)(=O)c2ccc([N+](=O)[O-])cc2)C(OC2OC3COC(c4ccccc4)OC3C(OC(C)=O)C2OC(C)=O)C(OC(C)=O)C1OC(C)=O. The van der Waals surface area contributed by atoms with Crippen molar-refractivity contribution in [1.29, 1.82) is 0 Å². The molecule has 22 heteroatoms. The number of benzene rings is 2. The number of non-ortho nitro benzene ring substituents is 1. The molecule has 2 aromatic rings. The van der Waals surface area contributed by atoms with Crippen molar-refractivity contribution in [1.82, 2.24) is 0 Å². The van der Waals surface area contributed by atoms with E-state index in [1.54, 1.807) is 30.3 Å². The second kappa shape index (κ2) is 18.4. The lowest BCUT2D eigenvalue weighted by Gasteiger charge is -2.50. The van der Waals surface area contributed by atoms with Crippen LogP contribution in [-0.2, 0) is 85.6 Å². The van der Waals surface area contributed by atoms with Gasteiger partial charge in [-0.05, 0) is 12.1 Å². The van der Waals surface area contributed by atoms with Gasteiger partial charge >= 0.3 is 29.8 Å². The lowest BCUT2D eigenvalue weighted by Crippen LogP contribution is -2.68. The Balaban J connectivity index is 1.54. The maximum absolute atomic E-state index is 13.3. The van der Waals surface area contributed by atoms with Crippen molar-refractivity contribution in [3.63, 3.8) is 0 Å². The highest BCUT2D eigenvalue weighted by atomic mass is 32.2. The van der Waals surface area contributed by atoms with Crippen LogP contribution >= 0.6 is 0 Å². The molecule has 5 rings (SSSR count). The molecular weight excluding hydrogens is 786 g/mol. The number of hydrogen-bond acceptors (Lipinski definition) is 20. The van der Waals surface area contributed by atoms with Gasteiger partial charge in [0.05, 0.1) is 23.0 Å². The molecule has 310 valence electrons. The van der Waals surface area contributed by atoms with Crippen molar-refractivity contribution in [3.8, 4) is 0 Å². The fourth-order valence-electron chi connectivity index (χ4n) is 6.27. The molecule has 2 aromatic carbocycles. The maximum atomic E-state index is 13.3. The van der Waals surface area contributed by atoms with E-state index in [2.05, 4.69) is 0 Å². The van der Waals surface area contributed by atoms with Crippen molar-refractivity contribution in [2.45, 2.75) is 107 Å². The maximum Gasteiger partial charge on any atom is 0.305 e. The summed E-state index contributed by atoms with van der Waals surface area (Å²) in [7, 11) is -4.72. The average Bonchev–Trinajstić information content (AvgIpc) is 3.13. The van der Waals surface area contributed by atoms with E-state index in [-0.39, 0.29) is 6.61 Å². The summed E-state index contributed by atoms with van der Waals surface area (Å²) in [6.45, 7) is 3.95.